The Morgan fingerprint density at radius 1 is 1.29 bits per heavy atom. The molecule has 0 atom stereocenters. The summed E-state index contributed by atoms with van der Waals surface area (Å²) in [5.41, 5.74) is 12.0. The topological polar surface area (TPSA) is 77.0 Å². The van der Waals surface area contributed by atoms with Gasteiger partial charge in [-0.2, -0.15) is 0 Å². The highest BCUT2D eigenvalue weighted by molar-refractivity contribution is 7.80. The zero-order valence-corrected chi connectivity index (χ0v) is 15.5. The van der Waals surface area contributed by atoms with Gasteiger partial charge in [-0.15, -0.1) is 28.4 Å². The maximum atomic E-state index is 12.6. The third kappa shape index (κ3) is 8.14. The molecule has 134 valence electrons. The number of halogens is 3. The minimum Gasteiger partial charge on any atom is -0.375 e. The lowest BCUT2D eigenvalue weighted by Gasteiger charge is -2.15. The van der Waals surface area contributed by atoms with Crippen LogP contribution in [0.2, 0.25) is 5.02 Å². The van der Waals surface area contributed by atoms with Crippen molar-refractivity contribution in [2.75, 3.05) is 11.3 Å². The second-order valence-electron chi connectivity index (χ2n) is 5.15. The van der Waals surface area contributed by atoms with Gasteiger partial charge in [-0.3, -0.25) is 0 Å². The van der Waals surface area contributed by atoms with Gasteiger partial charge < -0.3 is 11.5 Å². The predicted molar refractivity (Wildman–Crippen MR) is 101 cm³/mol. The van der Waals surface area contributed by atoms with E-state index < -0.39 is 5.82 Å². The van der Waals surface area contributed by atoms with E-state index in [9.17, 15) is 8.87 Å². The van der Waals surface area contributed by atoms with Gasteiger partial charge in [-0.1, -0.05) is 30.9 Å². The summed E-state index contributed by atoms with van der Waals surface area (Å²) >= 11 is 10.7. The van der Waals surface area contributed by atoms with Gasteiger partial charge in [0.15, 0.2) is 5.13 Å². The van der Waals surface area contributed by atoms with Gasteiger partial charge in [0.05, 0.1) is 10.7 Å². The SMILES string of the molecule is FNc1cc(F)c(S)cc1Cl.NC1CCCCC1.Nc1nccs1. The van der Waals surface area contributed by atoms with Crippen LogP contribution in [-0.2, 0) is 0 Å². The lowest BCUT2D eigenvalue weighted by atomic mass is 9.97. The second-order valence-corrected chi connectivity index (χ2v) is 6.96. The number of hydrogen-bond acceptors (Lipinski definition) is 6. The third-order valence-corrected chi connectivity index (χ3v) is 4.50. The quantitative estimate of drug-likeness (QED) is 0.402. The fourth-order valence-electron chi connectivity index (χ4n) is 1.98. The molecule has 1 aromatic carbocycles. The molecule has 0 amide bonds. The van der Waals surface area contributed by atoms with E-state index >= 15 is 0 Å². The van der Waals surface area contributed by atoms with Crippen molar-refractivity contribution in [2.45, 2.75) is 43.0 Å². The van der Waals surface area contributed by atoms with E-state index in [1.165, 1.54) is 55.0 Å². The maximum Gasteiger partial charge on any atom is 0.179 e. The normalized spacial score (nSPS) is 14.0. The first kappa shape index (κ1) is 21.0. The van der Waals surface area contributed by atoms with E-state index in [-0.39, 0.29) is 15.6 Å². The summed E-state index contributed by atoms with van der Waals surface area (Å²) in [5, 5.41) is 2.57. The monoisotopic (exact) mass is 394 g/mol. The predicted octanol–water partition coefficient (Wildman–Crippen LogP) is 5.07. The lowest BCUT2D eigenvalue weighted by Crippen LogP contribution is -2.22. The van der Waals surface area contributed by atoms with Crippen molar-refractivity contribution < 1.29 is 8.87 Å². The molecule has 1 aromatic heterocycles. The Bertz CT molecular complexity index is 593. The first-order chi connectivity index (χ1) is 11.4. The van der Waals surface area contributed by atoms with Gasteiger partial charge in [0.2, 0.25) is 0 Å². The van der Waals surface area contributed by atoms with Crippen LogP contribution in [0.1, 0.15) is 32.1 Å². The highest BCUT2D eigenvalue weighted by Gasteiger charge is 2.06. The number of aromatic nitrogens is 1. The van der Waals surface area contributed by atoms with Crippen LogP contribution < -0.4 is 17.0 Å². The number of anilines is 2. The van der Waals surface area contributed by atoms with Gasteiger partial charge in [-0.05, 0) is 18.9 Å². The Balaban J connectivity index is 0.000000191. The number of hydrogen-bond donors (Lipinski definition) is 4. The van der Waals surface area contributed by atoms with Gasteiger partial charge in [0.25, 0.3) is 0 Å². The van der Waals surface area contributed by atoms with Gasteiger partial charge in [0.1, 0.15) is 5.82 Å². The Kier molecular flexibility index (Phi) is 10.0. The molecule has 0 saturated heterocycles. The van der Waals surface area contributed by atoms with Crippen molar-refractivity contribution in [2.24, 2.45) is 5.73 Å². The minimum atomic E-state index is -0.613. The van der Waals surface area contributed by atoms with Crippen molar-refractivity contribution in [3.63, 3.8) is 0 Å². The van der Waals surface area contributed by atoms with Gasteiger partial charge in [0, 0.05) is 28.6 Å². The Morgan fingerprint density at radius 3 is 2.33 bits per heavy atom. The fourth-order valence-corrected chi connectivity index (χ4v) is 2.83. The molecular formula is C15H21ClF2N4S2. The van der Waals surface area contributed by atoms with E-state index in [0.717, 1.165) is 6.07 Å². The average molecular weight is 395 g/mol. The van der Waals surface area contributed by atoms with Crippen LogP contribution in [0.15, 0.2) is 28.6 Å². The second kappa shape index (κ2) is 11.5. The first-order valence-electron chi connectivity index (χ1n) is 7.39. The molecule has 1 saturated carbocycles. The molecule has 0 radical (unpaired) electrons. The van der Waals surface area contributed by atoms with Crippen LogP contribution in [0.25, 0.3) is 0 Å². The zero-order valence-electron chi connectivity index (χ0n) is 13.0. The van der Waals surface area contributed by atoms with Crippen molar-refractivity contribution in [1.82, 2.24) is 4.98 Å². The van der Waals surface area contributed by atoms with E-state index in [4.69, 9.17) is 23.1 Å². The number of nitrogens with zero attached hydrogens (tertiary/aromatic N) is 1. The number of thiol groups is 1. The number of nitrogens with two attached hydrogens (primary N) is 2. The van der Waals surface area contributed by atoms with E-state index in [1.54, 1.807) is 6.20 Å². The molecule has 1 fully saturated rings. The van der Waals surface area contributed by atoms with E-state index in [2.05, 4.69) is 17.6 Å². The number of benzene rings is 1. The lowest BCUT2D eigenvalue weighted by molar-refractivity contribution is 0.441. The molecule has 0 aliphatic heterocycles. The van der Waals surface area contributed by atoms with Crippen LogP contribution in [0.5, 0.6) is 0 Å². The Morgan fingerprint density at radius 2 is 1.96 bits per heavy atom. The van der Waals surface area contributed by atoms with Crippen LogP contribution in [-0.4, -0.2) is 11.0 Å². The molecule has 9 heteroatoms. The fraction of sp³-hybridized carbons (Fsp3) is 0.400. The van der Waals surface area contributed by atoms with Crippen molar-refractivity contribution >= 4 is 46.4 Å². The van der Waals surface area contributed by atoms with Crippen molar-refractivity contribution in [3.05, 3.63) is 34.5 Å². The smallest absolute Gasteiger partial charge is 0.179 e. The highest BCUT2D eigenvalue weighted by atomic mass is 35.5. The Hall–Kier alpha value is -1.09. The van der Waals surface area contributed by atoms with Crippen molar-refractivity contribution in [3.8, 4) is 0 Å². The molecule has 2 aromatic rings. The number of nitrogens with one attached hydrogen (secondary N) is 1. The van der Waals surface area contributed by atoms with Crippen molar-refractivity contribution in [1.29, 1.82) is 0 Å². The minimum absolute atomic E-state index is 0.0917. The zero-order chi connectivity index (χ0) is 17.9. The van der Waals surface area contributed by atoms with E-state index in [1.807, 2.05) is 5.38 Å². The average Bonchev–Trinajstić information content (AvgIpc) is 3.04. The first-order valence-corrected chi connectivity index (χ1v) is 9.09. The summed E-state index contributed by atoms with van der Waals surface area (Å²) < 4.78 is 24.4. The number of nitrogen functional groups attached to an aromatic ring is 1. The van der Waals surface area contributed by atoms with Gasteiger partial charge in [-0.25, -0.2) is 14.9 Å². The summed E-state index contributed by atoms with van der Waals surface area (Å²) in [7, 11) is 0. The molecule has 0 bridgehead atoms. The molecular weight excluding hydrogens is 374 g/mol. The van der Waals surface area contributed by atoms with Crippen LogP contribution in [0, 0.1) is 5.82 Å². The molecule has 4 nitrogen and oxygen atoms in total. The molecule has 1 heterocycles. The maximum absolute atomic E-state index is 12.6. The van der Waals surface area contributed by atoms with Crippen LogP contribution in [0.4, 0.5) is 19.7 Å². The van der Waals surface area contributed by atoms with Crippen LogP contribution >= 0.6 is 35.6 Å². The standard InChI is InChI=1S/C6H4ClF2NS.C6H13N.C3H4N2S/c7-3-1-6(11)4(8)2-5(3)10-9;7-6-4-2-1-3-5-6;4-3-5-1-2-6-3/h1-2,10-11H;6H,1-5,7H2;1-2H,(H2,4,5). The highest BCUT2D eigenvalue weighted by Crippen LogP contribution is 2.27. The third-order valence-electron chi connectivity index (χ3n) is 3.24. The molecule has 1 aliphatic rings. The molecule has 3 rings (SSSR count). The Labute approximate surface area is 154 Å². The number of rotatable bonds is 1. The molecule has 0 spiro atoms. The summed E-state index contributed by atoms with van der Waals surface area (Å²) in [6.45, 7) is 0. The van der Waals surface area contributed by atoms with Crippen LogP contribution in [0.3, 0.4) is 0 Å². The van der Waals surface area contributed by atoms with E-state index in [0.29, 0.717) is 11.2 Å². The summed E-state index contributed by atoms with van der Waals surface area (Å²) in [5.74, 6) is -0.613. The summed E-state index contributed by atoms with van der Waals surface area (Å²) in [6, 6.07) is 2.70. The number of thiazole rings is 1. The summed E-state index contributed by atoms with van der Waals surface area (Å²) in [6.07, 6.45) is 8.34. The molecule has 0 unspecified atom stereocenters. The largest absolute Gasteiger partial charge is 0.375 e. The molecule has 5 N–H and O–H groups in total. The molecule has 24 heavy (non-hydrogen) atoms. The summed E-state index contributed by atoms with van der Waals surface area (Å²) in [4.78, 5) is 3.80. The van der Waals surface area contributed by atoms with Gasteiger partial charge >= 0.3 is 0 Å². The molecule has 1 aliphatic carbocycles.